The van der Waals surface area contributed by atoms with E-state index >= 15 is 0 Å². The van der Waals surface area contributed by atoms with Crippen molar-refractivity contribution in [1.29, 1.82) is 0 Å². The minimum absolute atomic E-state index is 0.770. The van der Waals surface area contributed by atoms with Gasteiger partial charge < -0.3 is 9.72 Å². The lowest BCUT2D eigenvalue weighted by molar-refractivity contribution is 0.764. The molecule has 0 unspecified atom stereocenters. The van der Waals surface area contributed by atoms with E-state index in [1.54, 1.807) is 18.1 Å². The van der Waals surface area contributed by atoms with Gasteiger partial charge in [-0.05, 0) is 42.5 Å². The molecule has 3 aromatic heterocycles. The molecule has 92 valence electrons. The molecule has 0 saturated heterocycles. The number of nitrogens with one attached hydrogen (secondary N) is 1. The van der Waals surface area contributed by atoms with Crippen molar-refractivity contribution in [3.63, 3.8) is 0 Å². The van der Waals surface area contributed by atoms with E-state index in [-0.39, 0.29) is 0 Å². The van der Waals surface area contributed by atoms with Crippen molar-refractivity contribution in [2.45, 2.75) is 15.9 Å². The van der Waals surface area contributed by atoms with E-state index < -0.39 is 0 Å². The summed E-state index contributed by atoms with van der Waals surface area (Å²) in [7, 11) is 1.93. The normalized spacial score (nSPS) is 11.2. The van der Waals surface area contributed by atoms with Crippen LogP contribution in [0.1, 0.15) is 5.69 Å². The Bertz CT molecular complexity index is 647. The second kappa shape index (κ2) is 5.05. The fraction of sp³-hybridized carbons (Fsp3) is 0.182. The van der Waals surface area contributed by atoms with Crippen molar-refractivity contribution < 1.29 is 0 Å². The van der Waals surface area contributed by atoms with Crippen LogP contribution in [0.3, 0.4) is 0 Å². The van der Waals surface area contributed by atoms with Gasteiger partial charge in [0.05, 0.1) is 5.69 Å². The van der Waals surface area contributed by atoms with Crippen LogP contribution in [0.2, 0.25) is 0 Å². The highest BCUT2D eigenvalue weighted by Crippen LogP contribution is 2.30. The first-order valence-corrected chi connectivity index (χ1v) is 7.02. The minimum atomic E-state index is 0.770. The average molecular weight is 277 g/mol. The van der Waals surface area contributed by atoms with Gasteiger partial charge in [0.1, 0.15) is 17.0 Å². The number of nitrogens with zero attached hydrogens (tertiary/aromatic N) is 4. The molecule has 1 N–H and O–H groups in total. The summed E-state index contributed by atoms with van der Waals surface area (Å²) < 4.78 is 7.02. The maximum absolute atomic E-state index is 4.63. The predicted octanol–water partition coefficient (Wildman–Crippen LogP) is 2.06. The summed E-state index contributed by atoms with van der Waals surface area (Å²) in [6.45, 7) is 0.770. The lowest BCUT2D eigenvalue weighted by Gasteiger charge is -2.02. The SMILES string of the molecule is CNCc1c(Sc2ncns2)nc2ccccn12. The van der Waals surface area contributed by atoms with Gasteiger partial charge in [0.2, 0.25) is 0 Å². The molecule has 0 bridgehead atoms. The van der Waals surface area contributed by atoms with Crippen LogP contribution in [0.15, 0.2) is 40.1 Å². The lowest BCUT2D eigenvalue weighted by atomic mass is 10.4. The van der Waals surface area contributed by atoms with Crippen LogP contribution in [0.4, 0.5) is 0 Å². The van der Waals surface area contributed by atoms with Crippen molar-refractivity contribution in [3.05, 3.63) is 36.4 Å². The fourth-order valence-electron chi connectivity index (χ4n) is 1.73. The standard InChI is InChI=1S/C11H11N5S2/c1-12-6-8-10(17-11-13-7-14-18-11)15-9-4-2-3-5-16(8)9/h2-5,7,12H,6H2,1H3. The maximum atomic E-state index is 4.63. The Balaban J connectivity index is 2.06. The van der Waals surface area contributed by atoms with Gasteiger partial charge in [-0.15, -0.1) is 0 Å². The summed E-state index contributed by atoms with van der Waals surface area (Å²) in [5.74, 6) is 0. The third kappa shape index (κ3) is 2.12. The number of rotatable bonds is 4. The van der Waals surface area contributed by atoms with E-state index in [9.17, 15) is 0 Å². The number of imidazole rings is 1. The summed E-state index contributed by atoms with van der Waals surface area (Å²) in [5, 5.41) is 4.15. The first-order chi connectivity index (χ1) is 8.88. The second-order valence-electron chi connectivity index (χ2n) is 3.63. The number of fused-ring (bicyclic) bond motifs is 1. The molecule has 3 rings (SSSR count). The molecular formula is C11H11N5S2. The predicted molar refractivity (Wildman–Crippen MR) is 72.0 cm³/mol. The first-order valence-electron chi connectivity index (χ1n) is 5.43. The summed E-state index contributed by atoms with van der Waals surface area (Å²) in [4.78, 5) is 8.81. The minimum Gasteiger partial charge on any atom is -0.314 e. The Hall–Kier alpha value is -1.44. The Morgan fingerprint density at radius 3 is 3.17 bits per heavy atom. The Morgan fingerprint density at radius 1 is 1.44 bits per heavy atom. The van der Waals surface area contributed by atoms with Crippen LogP contribution in [0.25, 0.3) is 5.65 Å². The van der Waals surface area contributed by atoms with E-state index in [0.717, 1.165) is 27.3 Å². The summed E-state index contributed by atoms with van der Waals surface area (Å²) >= 11 is 2.95. The lowest BCUT2D eigenvalue weighted by Crippen LogP contribution is -2.08. The molecule has 7 heteroatoms. The largest absolute Gasteiger partial charge is 0.314 e. The summed E-state index contributed by atoms with van der Waals surface area (Å²) in [6.07, 6.45) is 3.60. The molecule has 5 nitrogen and oxygen atoms in total. The van der Waals surface area contributed by atoms with Crippen molar-refractivity contribution in [1.82, 2.24) is 24.1 Å². The quantitative estimate of drug-likeness (QED) is 0.791. The third-order valence-corrected chi connectivity index (χ3v) is 4.20. The number of hydrogen-bond acceptors (Lipinski definition) is 6. The maximum Gasteiger partial charge on any atom is 0.176 e. The Kier molecular flexibility index (Phi) is 3.26. The molecule has 0 atom stereocenters. The molecular weight excluding hydrogens is 266 g/mol. The number of aromatic nitrogens is 4. The van der Waals surface area contributed by atoms with Crippen LogP contribution < -0.4 is 5.32 Å². The highest BCUT2D eigenvalue weighted by atomic mass is 32.2. The molecule has 0 spiro atoms. The number of hydrogen-bond donors (Lipinski definition) is 1. The molecule has 0 aliphatic heterocycles. The molecule has 0 radical (unpaired) electrons. The number of pyridine rings is 1. The van der Waals surface area contributed by atoms with E-state index in [0.29, 0.717) is 0 Å². The zero-order valence-electron chi connectivity index (χ0n) is 9.70. The molecule has 0 saturated carbocycles. The highest BCUT2D eigenvalue weighted by molar-refractivity contribution is 8.00. The van der Waals surface area contributed by atoms with Gasteiger partial charge in [-0.2, -0.15) is 4.37 Å². The van der Waals surface area contributed by atoms with Crippen LogP contribution in [0.5, 0.6) is 0 Å². The topological polar surface area (TPSA) is 55.1 Å². The summed E-state index contributed by atoms with van der Waals surface area (Å²) in [5.41, 5.74) is 2.10. The van der Waals surface area contributed by atoms with Crippen LogP contribution in [0, 0.1) is 0 Å². The van der Waals surface area contributed by atoms with Gasteiger partial charge in [0.15, 0.2) is 4.34 Å². The van der Waals surface area contributed by atoms with Crippen molar-refractivity contribution >= 4 is 28.9 Å². The second-order valence-corrected chi connectivity index (χ2v) is 5.65. The van der Waals surface area contributed by atoms with Crippen LogP contribution in [-0.4, -0.2) is 25.8 Å². The summed E-state index contributed by atoms with van der Waals surface area (Å²) in [6, 6.07) is 6.00. The van der Waals surface area contributed by atoms with Crippen molar-refractivity contribution in [3.8, 4) is 0 Å². The smallest absolute Gasteiger partial charge is 0.176 e. The van der Waals surface area contributed by atoms with Crippen molar-refractivity contribution in [2.75, 3.05) is 7.05 Å². The molecule has 0 aliphatic carbocycles. The van der Waals surface area contributed by atoms with Gasteiger partial charge >= 0.3 is 0 Å². The van der Waals surface area contributed by atoms with E-state index in [1.165, 1.54) is 11.5 Å². The molecule has 0 aromatic carbocycles. The van der Waals surface area contributed by atoms with E-state index in [2.05, 4.69) is 24.1 Å². The molecule has 0 aliphatic rings. The third-order valence-electron chi connectivity index (χ3n) is 2.46. The molecule has 3 heterocycles. The fourth-order valence-corrected chi connectivity index (χ4v) is 3.21. The Morgan fingerprint density at radius 2 is 2.39 bits per heavy atom. The van der Waals surface area contributed by atoms with Gasteiger partial charge in [-0.1, -0.05) is 6.07 Å². The average Bonchev–Trinajstić information content (AvgIpc) is 3.00. The van der Waals surface area contributed by atoms with E-state index in [1.807, 2.05) is 31.4 Å². The monoisotopic (exact) mass is 277 g/mol. The van der Waals surface area contributed by atoms with E-state index in [4.69, 9.17) is 0 Å². The molecule has 0 fully saturated rings. The van der Waals surface area contributed by atoms with Gasteiger partial charge in [-0.3, -0.25) is 0 Å². The first kappa shape index (κ1) is 11.6. The van der Waals surface area contributed by atoms with Gasteiger partial charge in [0.25, 0.3) is 0 Å². The molecule has 3 aromatic rings. The van der Waals surface area contributed by atoms with Gasteiger partial charge in [0, 0.05) is 12.7 Å². The molecule has 0 amide bonds. The Labute approximate surface area is 112 Å². The van der Waals surface area contributed by atoms with Gasteiger partial charge in [-0.25, -0.2) is 9.97 Å². The zero-order chi connectivity index (χ0) is 12.4. The van der Waals surface area contributed by atoms with Crippen molar-refractivity contribution in [2.24, 2.45) is 0 Å². The zero-order valence-corrected chi connectivity index (χ0v) is 11.3. The molecule has 18 heavy (non-hydrogen) atoms. The van der Waals surface area contributed by atoms with Crippen LogP contribution >= 0.6 is 23.3 Å². The highest BCUT2D eigenvalue weighted by Gasteiger charge is 2.13. The van der Waals surface area contributed by atoms with Crippen LogP contribution in [-0.2, 0) is 6.54 Å².